The Morgan fingerprint density at radius 1 is 0.846 bits per heavy atom. The Kier molecular flexibility index (Phi) is 17.6. The molecule has 0 aliphatic rings. The lowest BCUT2D eigenvalue weighted by atomic mass is 10.0. The van der Waals surface area contributed by atoms with Gasteiger partial charge >= 0.3 is 0 Å². The van der Waals surface area contributed by atoms with E-state index in [1.54, 1.807) is 31.2 Å². The molecule has 0 radical (unpaired) electrons. The van der Waals surface area contributed by atoms with Crippen LogP contribution in [0.3, 0.4) is 0 Å². The van der Waals surface area contributed by atoms with Gasteiger partial charge in [0.05, 0.1) is 5.69 Å². The molecule has 0 bridgehead atoms. The molecule has 0 amide bonds. The summed E-state index contributed by atoms with van der Waals surface area (Å²) in [4.78, 5) is 15.8. The van der Waals surface area contributed by atoms with Crippen molar-refractivity contribution in [3.63, 3.8) is 0 Å². The van der Waals surface area contributed by atoms with Crippen LogP contribution in [0.15, 0.2) is 54.6 Å². The molecular formula is C33H45F4NO. The first-order valence-corrected chi connectivity index (χ1v) is 13.8. The van der Waals surface area contributed by atoms with Crippen molar-refractivity contribution in [2.45, 2.75) is 99.8 Å². The Balaban J connectivity index is 0.000000628. The molecule has 0 aliphatic heterocycles. The van der Waals surface area contributed by atoms with E-state index in [2.05, 4.69) is 32.7 Å². The number of hydrogen-bond acceptors (Lipinski definition) is 2. The van der Waals surface area contributed by atoms with E-state index in [1.165, 1.54) is 63.3 Å². The van der Waals surface area contributed by atoms with Crippen molar-refractivity contribution in [1.82, 2.24) is 4.98 Å². The minimum Gasteiger partial charge on any atom is -0.295 e. The number of Topliss-reactive ketones (excluding diaryl/α,β-unsaturated/α-hetero) is 1. The number of aromatic nitrogens is 1. The zero-order chi connectivity index (χ0) is 30.0. The molecule has 0 N–H and O–H groups in total. The normalized spacial score (nSPS) is 10.3. The first-order valence-electron chi connectivity index (χ1n) is 13.8. The van der Waals surface area contributed by atoms with Crippen LogP contribution in [-0.4, -0.2) is 10.8 Å². The highest BCUT2D eigenvalue weighted by Gasteiger charge is 2.24. The van der Waals surface area contributed by atoms with E-state index < -0.39 is 17.6 Å². The molecule has 0 saturated carbocycles. The molecule has 0 spiro atoms. The number of carbonyl (C=O) groups excluding carboxylic acids is 1. The summed E-state index contributed by atoms with van der Waals surface area (Å²) >= 11 is 0. The summed E-state index contributed by atoms with van der Waals surface area (Å²) < 4.78 is 51.6. The largest absolute Gasteiger partial charge is 0.295 e. The monoisotopic (exact) mass is 547 g/mol. The average molecular weight is 548 g/mol. The Morgan fingerprint density at radius 3 is 1.90 bits per heavy atom. The molecule has 0 unspecified atom stereocenters. The summed E-state index contributed by atoms with van der Waals surface area (Å²) in [5, 5.41) is 0. The number of nitrogens with zero attached hydrogens (tertiary/aromatic N) is 1. The lowest BCUT2D eigenvalue weighted by molar-refractivity contribution is 0.0175. The maximum absolute atomic E-state index is 13.4. The molecule has 1 heterocycles. The van der Waals surface area contributed by atoms with Crippen LogP contribution >= 0.6 is 0 Å². The average Bonchev–Trinajstić information content (AvgIpc) is 2.89. The third kappa shape index (κ3) is 14.6. The summed E-state index contributed by atoms with van der Waals surface area (Å²) in [5.74, 6) is -3.95. The number of unbranched alkanes of at least 4 members (excludes halogenated alkanes) is 3. The number of ketones is 1. The predicted molar refractivity (Wildman–Crippen MR) is 155 cm³/mol. The molecule has 3 aromatic rings. The standard InChI is InChI=1S/C16H15F2NO.C8H8F2.C5H12.C4H10/c1-10-7-13(11(2)20)9-15(19-10)12-5-4-6-14(8-12)16(3,17)18;1-2-6-3-4-7(9)5-8(6)10;1-3-5-4-2;1-3-4-2/h4-9H,1-3H3;3-5H,2H2,1H3;3-5H2,1-2H3;3-4H2,1-2H3. The van der Waals surface area contributed by atoms with Gasteiger partial charge in [0, 0.05) is 35.4 Å². The second-order valence-corrected chi connectivity index (χ2v) is 9.35. The van der Waals surface area contributed by atoms with E-state index in [9.17, 15) is 22.4 Å². The highest BCUT2D eigenvalue weighted by atomic mass is 19.3. The third-order valence-electron chi connectivity index (χ3n) is 5.63. The summed E-state index contributed by atoms with van der Waals surface area (Å²) in [6.07, 6.45) is 7.32. The molecule has 2 aromatic carbocycles. The van der Waals surface area contributed by atoms with Gasteiger partial charge in [0.15, 0.2) is 5.78 Å². The van der Waals surface area contributed by atoms with E-state index in [4.69, 9.17) is 0 Å². The van der Waals surface area contributed by atoms with Gasteiger partial charge in [-0.1, -0.05) is 91.0 Å². The maximum Gasteiger partial charge on any atom is 0.270 e. The molecule has 216 valence electrons. The number of alkyl halides is 2. The van der Waals surface area contributed by atoms with Gasteiger partial charge in [-0.3, -0.25) is 9.78 Å². The van der Waals surface area contributed by atoms with Crippen LogP contribution in [0, 0.1) is 18.6 Å². The lowest BCUT2D eigenvalue weighted by Crippen LogP contribution is -2.06. The Morgan fingerprint density at radius 2 is 1.46 bits per heavy atom. The number of pyridine rings is 1. The number of aryl methyl sites for hydroxylation is 2. The van der Waals surface area contributed by atoms with Crippen LogP contribution in [0.5, 0.6) is 0 Å². The zero-order valence-electron chi connectivity index (χ0n) is 24.8. The minimum atomic E-state index is -2.90. The van der Waals surface area contributed by atoms with Crippen LogP contribution in [-0.2, 0) is 12.3 Å². The smallest absolute Gasteiger partial charge is 0.270 e. The van der Waals surface area contributed by atoms with Crippen LogP contribution in [0.1, 0.15) is 108 Å². The number of hydrogen-bond donors (Lipinski definition) is 0. The highest BCUT2D eigenvalue weighted by molar-refractivity contribution is 5.95. The highest BCUT2D eigenvalue weighted by Crippen LogP contribution is 2.30. The van der Waals surface area contributed by atoms with Crippen molar-refractivity contribution in [2.24, 2.45) is 0 Å². The van der Waals surface area contributed by atoms with E-state index >= 15 is 0 Å². The van der Waals surface area contributed by atoms with E-state index in [-0.39, 0.29) is 11.3 Å². The van der Waals surface area contributed by atoms with Gasteiger partial charge in [0.2, 0.25) is 0 Å². The molecule has 0 atom stereocenters. The zero-order valence-corrected chi connectivity index (χ0v) is 24.8. The Labute approximate surface area is 232 Å². The van der Waals surface area contributed by atoms with Gasteiger partial charge in [0.25, 0.3) is 5.92 Å². The summed E-state index contributed by atoms with van der Waals surface area (Å²) in [7, 11) is 0. The molecule has 2 nitrogen and oxygen atoms in total. The fourth-order valence-corrected chi connectivity index (χ4v) is 3.13. The number of halogens is 4. The molecule has 0 saturated heterocycles. The van der Waals surface area contributed by atoms with E-state index in [1.807, 2.05) is 6.92 Å². The van der Waals surface area contributed by atoms with Crippen molar-refractivity contribution >= 4 is 5.78 Å². The number of rotatable bonds is 7. The first kappa shape index (κ1) is 36.0. The van der Waals surface area contributed by atoms with Crippen molar-refractivity contribution < 1.29 is 22.4 Å². The minimum absolute atomic E-state index is 0.0670. The van der Waals surface area contributed by atoms with E-state index in [0.29, 0.717) is 34.5 Å². The van der Waals surface area contributed by atoms with Crippen molar-refractivity contribution in [3.8, 4) is 11.3 Å². The maximum atomic E-state index is 13.4. The van der Waals surface area contributed by atoms with Crippen LogP contribution in [0.4, 0.5) is 17.6 Å². The second kappa shape index (κ2) is 19.1. The second-order valence-electron chi connectivity index (χ2n) is 9.35. The molecule has 39 heavy (non-hydrogen) atoms. The Bertz CT molecular complexity index is 1120. The van der Waals surface area contributed by atoms with Gasteiger partial charge in [-0.25, -0.2) is 17.6 Å². The first-order chi connectivity index (χ1) is 18.3. The number of carbonyl (C=O) groups is 1. The molecule has 0 fully saturated rings. The summed E-state index contributed by atoms with van der Waals surface area (Å²) in [6, 6.07) is 13.0. The lowest BCUT2D eigenvalue weighted by Gasteiger charge is -2.12. The fourth-order valence-electron chi connectivity index (χ4n) is 3.13. The molecular weight excluding hydrogens is 502 g/mol. The van der Waals surface area contributed by atoms with Crippen LogP contribution < -0.4 is 0 Å². The van der Waals surface area contributed by atoms with E-state index in [0.717, 1.165) is 13.0 Å². The topological polar surface area (TPSA) is 30.0 Å². The molecule has 3 rings (SSSR count). The van der Waals surface area contributed by atoms with Gasteiger partial charge < -0.3 is 0 Å². The summed E-state index contributed by atoms with van der Waals surface area (Å²) in [5.41, 5.74) is 2.81. The third-order valence-corrected chi connectivity index (χ3v) is 5.63. The molecule has 0 aliphatic carbocycles. The van der Waals surface area contributed by atoms with Gasteiger partial charge in [-0.15, -0.1) is 0 Å². The molecule has 1 aromatic heterocycles. The van der Waals surface area contributed by atoms with Crippen molar-refractivity contribution in [1.29, 1.82) is 0 Å². The quantitative estimate of drug-likeness (QED) is 0.217. The fraction of sp³-hybridized carbons (Fsp3) is 0.455. The Hall–Kier alpha value is -3.02. The summed E-state index contributed by atoms with van der Waals surface area (Å²) in [6.45, 7) is 14.7. The SMILES string of the molecule is CC(=O)c1cc(C)nc(-c2cccc(C(C)(F)F)c2)c1.CCCC.CCCCC.CCc1ccc(F)cc1F. The van der Waals surface area contributed by atoms with Gasteiger partial charge in [-0.2, -0.15) is 0 Å². The van der Waals surface area contributed by atoms with Crippen LogP contribution in [0.25, 0.3) is 11.3 Å². The molecule has 6 heteroatoms. The predicted octanol–water partition coefficient (Wildman–Crippen LogP) is 10.9. The van der Waals surface area contributed by atoms with Gasteiger partial charge in [0.1, 0.15) is 11.6 Å². The van der Waals surface area contributed by atoms with Crippen LogP contribution in [0.2, 0.25) is 0 Å². The number of benzene rings is 2. The van der Waals surface area contributed by atoms with Gasteiger partial charge in [-0.05, 0) is 50.1 Å². The van der Waals surface area contributed by atoms with Crippen molar-refractivity contribution in [2.75, 3.05) is 0 Å². The van der Waals surface area contributed by atoms with Crippen molar-refractivity contribution in [3.05, 3.63) is 88.6 Å².